The van der Waals surface area contributed by atoms with Crippen molar-refractivity contribution in [2.75, 3.05) is 12.4 Å². The van der Waals surface area contributed by atoms with Gasteiger partial charge in [0.1, 0.15) is 12.4 Å². The maximum absolute atomic E-state index is 9.82. The summed E-state index contributed by atoms with van der Waals surface area (Å²) in [6.45, 7) is 0.293. The van der Waals surface area contributed by atoms with Crippen molar-refractivity contribution in [2.45, 2.75) is 11.3 Å². The van der Waals surface area contributed by atoms with Gasteiger partial charge in [0.25, 0.3) is 0 Å². The third-order valence-corrected chi connectivity index (χ3v) is 3.57. The molecule has 0 saturated carbocycles. The highest BCUT2D eigenvalue weighted by molar-refractivity contribution is 7.99. The fraction of sp³-hybridized carbons (Fsp3) is 0.308. The zero-order chi connectivity index (χ0) is 12.8. The highest BCUT2D eigenvalue weighted by Crippen LogP contribution is 2.16. The molecule has 0 amide bonds. The predicted octanol–water partition coefficient (Wildman–Crippen LogP) is 1.95. The molecule has 1 aromatic heterocycles. The van der Waals surface area contributed by atoms with Gasteiger partial charge < -0.3 is 14.4 Å². The number of aliphatic hydroxyl groups is 1. The number of hydrogen-bond donors (Lipinski definition) is 1. The van der Waals surface area contributed by atoms with Crippen molar-refractivity contribution in [2.24, 2.45) is 7.05 Å². The largest absolute Gasteiger partial charge is 0.491 e. The summed E-state index contributed by atoms with van der Waals surface area (Å²) in [4.78, 5) is 4.18. The molecule has 1 N–H and O–H groups in total. The molecule has 0 fully saturated rings. The van der Waals surface area contributed by atoms with E-state index in [1.54, 1.807) is 6.20 Å². The van der Waals surface area contributed by atoms with Gasteiger partial charge in [0, 0.05) is 25.2 Å². The Balaban J connectivity index is 1.73. The number of rotatable bonds is 6. The third kappa shape index (κ3) is 3.78. The molecular formula is C13H16N2O2S. The number of aromatic nitrogens is 2. The number of benzene rings is 1. The van der Waals surface area contributed by atoms with Gasteiger partial charge in [-0.05, 0) is 12.1 Å². The Morgan fingerprint density at radius 1 is 1.39 bits per heavy atom. The molecule has 0 aliphatic rings. The molecule has 1 unspecified atom stereocenters. The Hall–Kier alpha value is -1.46. The van der Waals surface area contributed by atoms with Crippen LogP contribution in [0.15, 0.2) is 47.9 Å². The standard InChI is InChI=1S/C13H16N2O2S/c1-15-8-7-14-13(15)18-10-11(16)9-17-12-5-3-2-4-6-12/h2-8,11,16H,9-10H2,1H3. The van der Waals surface area contributed by atoms with Gasteiger partial charge in [-0.25, -0.2) is 4.98 Å². The second-order valence-corrected chi connectivity index (χ2v) is 4.90. The van der Waals surface area contributed by atoms with Crippen LogP contribution in [0.25, 0.3) is 0 Å². The Kier molecular flexibility index (Phi) is 4.66. The number of aliphatic hydroxyl groups excluding tert-OH is 1. The summed E-state index contributed by atoms with van der Waals surface area (Å²) in [6, 6.07) is 9.49. The van der Waals surface area contributed by atoms with Gasteiger partial charge in [-0.15, -0.1) is 0 Å². The van der Waals surface area contributed by atoms with E-state index in [-0.39, 0.29) is 0 Å². The number of para-hydroxylation sites is 1. The van der Waals surface area contributed by atoms with Crippen molar-refractivity contribution >= 4 is 11.8 Å². The van der Waals surface area contributed by atoms with Crippen LogP contribution in [0.5, 0.6) is 5.75 Å². The van der Waals surface area contributed by atoms with Gasteiger partial charge in [-0.1, -0.05) is 30.0 Å². The number of ether oxygens (including phenoxy) is 1. The molecule has 0 radical (unpaired) electrons. The molecule has 0 bridgehead atoms. The minimum Gasteiger partial charge on any atom is -0.491 e. The Morgan fingerprint density at radius 3 is 2.83 bits per heavy atom. The maximum atomic E-state index is 9.82. The van der Waals surface area contributed by atoms with Gasteiger partial charge in [0.15, 0.2) is 5.16 Å². The quantitative estimate of drug-likeness (QED) is 0.810. The van der Waals surface area contributed by atoms with E-state index in [2.05, 4.69) is 4.98 Å². The van der Waals surface area contributed by atoms with Crippen LogP contribution in [-0.2, 0) is 7.05 Å². The average molecular weight is 264 g/mol. The lowest BCUT2D eigenvalue weighted by atomic mass is 10.3. The molecule has 0 aliphatic heterocycles. The van der Waals surface area contributed by atoms with E-state index in [0.717, 1.165) is 10.9 Å². The molecule has 5 heteroatoms. The molecule has 4 nitrogen and oxygen atoms in total. The zero-order valence-corrected chi connectivity index (χ0v) is 11.0. The molecule has 18 heavy (non-hydrogen) atoms. The molecule has 2 rings (SSSR count). The van der Waals surface area contributed by atoms with E-state index < -0.39 is 6.10 Å². The molecular weight excluding hydrogens is 248 g/mol. The Morgan fingerprint density at radius 2 is 2.17 bits per heavy atom. The minimum absolute atomic E-state index is 0.293. The molecule has 0 aliphatic carbocycles. The van der Waals surface area contributed by atoms with Gasteiger partial charge in [-0.2, -0.15) is 0 Å². The number of aryl methyl sites for hydroxylation is 1. The first-order chi connectivity index (χ1) is 8.75. The number of hydrogen-bond acceptors (Lipinski definition) is 4. The summed E-state index contributed by atoms with van der Waals surface area (Å²) in [7, 11) is 1.93. The van der Waals surface area contributed by atoms with Crippen LogP contribution in [0.1, 0.15) is 0 Å². The van der Waals surface area contributed by atoms with E-state index in [0.29, 0.717) is 12.4 Å². The van der Waals surface area contributed by atoms with Gasteiger partial charge >= 0.3 is 0 Å². The van der Waals surface area contributed by atoms with Gasteiger partial charge in [0.2, 0.25) is 0 Å². The first-order valence-electron chi connectivity index (χ1n) is 5.72. The van der Waals surface area contributed by atoms with E-state index in [9.17, 15) is 5.11 Å². The maximum Gasteiger partial charge on any atom is 0.167 e. The fourth-order valence-electron chi connectivity index (χ4n) is 1.42. The topological polar surface area (TPSA) is 47.3 Å². The lowest BCUT2D eigenvalue weighted by Gasteiger charge is -2.11. The lowest BCUT2D eigenvalue weighted by Crippen LogP contribution is -2.20. The van der Waals surface area contributed by atoms with Crippen molar-refractivity contribution in [3.05, 3.63) is 42.7 Å². The number of nitrogens with zero attached hydrogens (tertiary/aromatic N) is 2. The first-order valence-corrected chi connectivity index (χ1v) is 6.70. The average Bonchev–Trinajstić information content (AvgIpc) is 2.81. The van der Waals surface area contributed by atoms with Gasteiger partial charge in [-0.3, -0.25) is 0 Å². The van der Waals surface area contributed by atoms with Crippen molar-refractivity contribution in [1.29, 1.82) is 0 Å². The number of thioether (sulfide) groups is 1. The van der Waals surface area contributed by atoms with Crippen molar-refractivity contribution in [1.82, 2.24) is 9.55 Å². The SMILES string of the molecule is Cn1ccnc1SCC(O)COc1ccccc1. The highest BCUT2D eigenvalue weighted by atomic mass is 32.2. The summed E-state index contributed by atoms with van der Waals surface area (Å²) in [5.74, 6) is 1.34. The normalized spacial score (nSPS) is 12.3. The van der Waals surface area contributed by atoms with Crippen molar-refractivity contribution < 1.29 is 9.84 Å². The minimum atomic E-state index is -0.507. The summed E-state index contributed by atoms with van der Waals surface area (Å²) < 4.78 is 7.40. The first kappa shape index (κ1) is 13.0. The second-order valence-electron chi connectivity index (χ2n) is 3.91. The summed E-state index contributed by atoms with van der Waals surface area (Å²) >= 11 is 1.52. The van der Waals surface area contributed by atoms with Crippen LogP contribution in [0.3, 0.4) is 0 Å². The predicted molar refractivity (Wildman–Crippen MR) is 71.9 cm³/mol. The Bertz CT molecular complexity index is 473. The molecule has 0 spiro atoms. The van der Waals surface area contributed by atoms with E-state index in [1.165, 1.54) is 11.8 Å². The molecule has 1 atom stereocenters. The van der Waals surface area contributed by atoms with Crippen molar-refractivity contribution in [3.63, 3.8) is 0 Å². The second kappa shape index (κ2) is 6.47. The summed E-state index contributed by atoms with van der Waals surface area (Å²) in [5.41, 5.74) is 0. The van der Waals surface area contributed by atoms with Crippen molar-refractivity contribution in [3.8, 4) is 5.75 Å². The third-order valence-electron chi connectivity index (χ3n) is 2.37. The zero-order valence-electron chi connectivity index (χ0n) is 10.2. The number of imidazole rings is 1. The fourth-order valence-corrected chi connectivity index (χ4v) is 2.26. The van der Waals surface area contributed by atoms with E-state index in [4.69, 9.17) is 4.74 Å². The summed E-state index contributed by atoms with van der Waals surface area (Å²) in [5, 5.41) is 10.7. The van der Waals surface area contributed by atoms with E-state index >= 15 is 0 Å². The smallest absolute Gasteiger partial charge is 0.167 e. The molecule has 0 saturated heterocycles. The van der Waals surface area contributed by atoms with Crippen LogP contribution < -0.4 is 4.74 Å². The molecule has 1 aromatic carbocycles. The molecule has 96 valence electrons. The van der Waals surface area contributed by atoms with Crippen LogP contribution in [0.4, 0.5) is 0 Å². The van der Waals surface area contributed by atoms with Crippen LogP contribution in [0, 0.1) is 0 Å². The highest BCUT2D eigenvalue weighted by Gasteiger charge is 2.08. The van der Waals surface area contributed by atoms with Gasteiger partial charge in [0.05, 0.1) is 6.10 Å². The lowest BCUT2D eigenvalue weighted by molar-refractivity contribution is 0.126. The monoisotopic (exact) mass is 264 g/mol. The van der Waals surface area contributed by atoms with Crippen LogP contribution in [-0.4, -0.2) is 33.1 Å². The Labute approximate surface area is 111 Å². The van der Waals surface area contributed by atoms with Crippen LogP contribution >= 0.6 is 11.8 Å². The summed E-state index contributed by atoms with van der Waals surface area (Å²) in [6.07, 6.45) is 3.12. The molecule has 1 heterocycles. The molecule has 2 aromatic rings. The van der Waals surface area contributed by atoms with Crippen LogP contribution in [0.2, 0.25) is 0 Å². The van der Waals surface area contributed by atoms with E-state index in [1.807, 2.05) is 48.1 Å².